The Kier molecular flexibility index (Phi) is 8.51. The summed E-state index contributed by atoms with van der Waals surface area (Å²) in [7, 11) is 0. The van der Waals surface area contributed by atoms with Crippen molar-refractivity contribution >= 4 is 5.97 Å². The van der Waals surface area contributed by atoms with E-state index in [-0.39, 0.29) is 0 Å². The van der Waals surface area contributed by atoms with Crippen molar-refractivity contribution in [1.82, 2.24) is 9.97 Å². The van der Waals surface area contributed by atoms with Gasteiger partial charge in [-0.1, -0.05) is 45.6 Å². The molecule has 3 rings (SSSR count). The Hall–Kier alpha value is -3.52. The van der Waals surface area contributed by atoms with Crippen molar-refractivity contribution < 1.29 is 9.53 Å². The standard InChI is InChI=1S/C27H29N3O2/c1-3-5-6-7-9-21-10-11-23(16-24(21)17-28)27(31)32-25-14-12-22(13-15-25)26-29-18-20(8-4-2)19-30-26/h10-16,18-19H,3-9H2,1-2H3. The minimum absolute atomic E-state index is 0.373. The molecule has 1 heterocycles. The van der Waals surface area contributed by atoms with Gasteiger partial charge in [-0.15, -0.1) is 0 Å². The predicted octanol–water partition coefficient (Wildman–Crippen LogP) is 6.31. The molecule has 2 aromatic carbocycles. The van der Waals surface area contributed by atoms with Gasteiger partial charge in [-0.2, -0.15) is 5.26 Å². The summed E-state index contributed by atoms with van der Waals surface area (Å²) in [6.07, 6.45) is 11.1. The molecule has 0 spiro atoms. The molecule has 164 valence electrons. The van der Waals surface area contributed by atoms with Crippen molar-refractivity contribution in [2.75, 3.05) is 0 Å². The summed E-state index contributed by atoms with van der Waals surface area (Å²) < 4.78 is 5.51. The fourth-order valence-corrected chi connectivity index (χ4v) is 3.53. The number of nitriles is 1. The van der Waals surface area contributed by atoms with E-state index in [0.29, 0.717) is 22.7 Å². The van der Waals surface area contributed by atoms with E-state index in [0.717, 1.165) is 48.8 Å². The number of aromatic nitrogens is 2. The van der Waals surface area contributed by atoms with Crippen molar-refractivity contribution in [3.05, 3.63) is 77.1 Å². The molecule has 5 nitrogen and oxygen atoms in total. The molecule has 0 fully saturated rings. The maximum absolute atomic E-state index is 12.6. The average Bonchev–Trinajstić information content (AvgIpc) is 2.83. The van der Waals surface area contributed by atoms with E-state index in [1.54, 1.807) is 24.3 Å². The summed E-state index contributed by atoms with van der Waals surface area (Å²) in [5.41, 5.74) is 3.86. The molecular weight excluding hydrogens is 398 g/mol. The van der Waals surface area contributed by atoms with Crippen LogP contribution >= 0.6 is 0 Å². The van der Waals surface area contributed by atoms with Gasteiger partial charge < -0.3 is 4.74 Å². The molecule has 32 heavy (non-hydrogen) atoms. The van der Waals surface area contributed by atoms with Crippen LogP contribution in [0.3, 0.4) is 0 Å². The highest BCUT2D eigenvalue weighted by molar-refractivity contribution is 5.91. The van der Waals surface area contributed by atoms with Gasteiger partial charge in [0.15, 0.2) is 5.82 Å². The van der Waals surface area contributed by atoms with Crippen LogP contribution in [0.25, 0.3) is 11.4 Å². The number of unbranched alkanes of at least 4 members (excludes halogenated alkanes) is 3. The topological polar surface area (TPSA) is 75.9 Å². The number of aryl methyl sites for hydroxylation is 2. The third-order valence-corrected chi connectivity index (χ3v) is 5.33. The number of rotatable bonds is 10. The van der Waals surface area contributed by atoms with Crippen LogP contribution in [0.2, 0.25) is 0 Å². The number of esters is 1. The second kappa shape index (κ2) is 11.8. The molecule has 0 saturated carbocycles. The summed E-state index contributed by atoms with van der Waals surface area (Å²) >= 11 is 0. The Balaban J connectivity index is 1.64. The molecule has 0 N–H and O–H groups in total. The van der Waals surface area contributed by atoms with Crippen LogP contribution in [0.15, 0.2) is 54.9 Å². The van der Waals surface area contributed by atoms with Crippen molar-refractivity contribution in [3.63, 3.8) is 0 Å². The van der Waals surface area contributed by atoms with Gasteiger partial charge >= 0.3 is 5.97 Å². The van der Waals surface area contributed by atoms with E-state index in [4.69, 9.17) is 4.74 Å². The average molecular weight is 428 g/mol. The van der Waals surface area contributed by atoms with Gasteiger partial charge in [0.25, 0.3) is 0 Å². The Bertz CT molecular complexity index is 1070. The second-order valence-corrected chi connectivity index (χ2v) is 7.87. The first-order chi connectivity index (χ1) is 15.6. The summed E-state index contributed by atoms with van der Waals surface area (Å²) in [5.74, 6) is 0.589. The number of ether oxygens (including phenoxy) is 1. The Labute approximate surface area is 190 Å². The third kappa shape index (κ3) is 6.24. The lowest BCUT2D eigenvalue weighted by Gasteiger charge is -2.08. The summed E-state index contributed by atoms with van der Waals surface area (Å²) in [6, 6.07) is 14.5. The van der Waals surface area contributed by atoms with Crippen molar-refractivity contribution in [2.45, 2.75) is 58.8 Å². The zero-order valence-corrected chi connectivity index (χ0v) is 18.8. The summed E-state index contributed by atoms with van der Waals surface area (Å²) in [5, 5.41) is 9.49. The maximum atomic E-state index is 12.6. The van der Waals surface area contributed by atoms with Crippen LogP contribution in [-0.2, 0) is 12.8 Å². The molecule has 0 aliphatic rings. The van der Waals surface area contributed by atoms with E-state index in [1.165, 1.54) is 12.8 Å². The second-order valence-electron chi connectivity index (χ2n) is 7.87. The molecule has 0 bridgehead atoms. The van der Waals surface area contributed by atoms with Gasteiger partial charge in [-0.3, -0.25) is 0 Å². The first kappa shape index (κ1) is 23.1. The SMILES string of the molecule is CCCCCCc1ccc(C(=O)Oc2ccc(-c3ncc(CCC)cn3)cc2)cc1C#N. The molecule has 0 aliphatic heterocycles. The highest BCUT2D eigenvalue weighted by Crippen LogP contribution is 2.21. The zero-order valence-electron chi connectivity index (χ0n) is 18.8. The number of hydrogen-bond acceptors (Lipinski definition) is 5. The minimum Gasteiger partial charge on any atom is -0.423 e. The third-order valence-electron chi connectivity index (χ3n) is 5.33. The fourth-order valence-electron chi connectivity index (χ4n) is 3.53. The Morgan fingerprint density at radius 3 is 2.34 bits per heavy atom. The van der Waals surface area contributed by atoms with Crippen molar-refractivity contribution in [1.29, 1.82) is 5.26 Å². The van der Waals surface area contributed by atoms with Crippen LogP contribution in [-0.4, -0.2) is 15.9 Å². The molecule has 0 atom stereocenters. The van der Waals surface area contributed by atoms with E-state index < -0.39 is 5.97 Å². The van der Waals surface area contributed by atoms with E-state index in [2.05, 4.69) is 29.9 Å². The molecule has 3 aromatic rings. The molecule has 0 aliphatic carbocycles. The number of benzene rings is 2. The van der Waals surface area contributed by atoms with Crippen LogP contribution in [0, 0.1) is 11.3 Å². The van der Waals surface area contributed by atoms with Crippen LogP contribution in [0.1, 0.15) is 73.0 Å². The highest BCUT2D eigenvalue weighted by Gasteiger charge is 2.12. The Morgan fingerprint density at radius 1 is 0.938 bits per heavy atom. The number of carbonyl (C=O) groups is 1. The molecule has 0 saturated heterocycles. The fraction of sp³-hybridized carbons (Fsp3) is 0.333. The van der Waals surface area contributed by atoms with Gasteiger partial charge in [0.2, 0.25) is 0 Å². The summed E-state index contributed by atoms with van der Waals surface area (Å²) in [4.78, 5) is 21.4. The summed E-state index contributed by atoms with van der Waals surface area (Å²) in [6.45, 7) is 4.30. The van der Waals surface area contributed by atoms with Crippen LogP contribution in [0.5, 0.6) is 5.75 Å². The lowest BCUT2D eigenvalue weighted by atomic mass is 9.99. The van der Waals surface area contributed by atoms with Gasteiger partial charge in [-0.25, -0.2) is 14.8 Å². The predicted molar refractivity (Wildman–Crippen MR) is 125 cm³/mol. The van der Waals surface area contributed by atoms with E-state index >= 15 is 0 Å². The van der Waals surface area contributed by atoms with Crippen molar-refractivity contribution in [3.8, 4) is 23.2 Å². The number of hydrogen-bond donors (Lipinski definition) is 0. The van der Waals surface area contributed by atoms with Crippen LogP contribution < -0.4 is 4.74 Å². The van der Waals surface area contributed by atoms with E-state index in [1.807, 2.05) is 30.6 Å². The Morgan fingerprint density at radius 2 is 1.69 bits per heavy atom. The molecular formula is C27H29N3O2. The van der Waals surface area contributed by atoms with Crippen LogP contribution in [0.4, 0.5) is 0 Å². The lowest BCUT2D eigenvalue weighted by Crippen LogP contribution is -2.09. The highest BCUT2D eigenvalue weighted by atomic mass is 16.5. The molecule has 1 aromatic heterocycles. The lowest BCUT2D eigenvalue weighted by molar-refractivity contribution is 0.0734. The van der Waals surface area contributed by atoms with Gasteiger partial charge in [0, 0.05) is 18.0 Å². The first-order valence-corrected chi connectivity index (χ1v) is 11.3. The van der Waals surface area contributed by atoms with Crippen molar-refractivity contribution in [2.24, 2.45) is 0 Å². The first-order valence-electron chi connectivity index (χ1n) is 11.3. The monoisotopic (exact) mass is 427 g/mol. The van der Waals surface area contributed by atoms with Gasteiger partial charge in [0.05, 0.1) is 17.2 Å². The molecule has 5 heteroatoms. The van der Waals surface area contributed by atoms with Gasteiger partial charge in [-0.05, 0) is 66.8 Å². The molecule has 0 amide bonds. The maximum Gasteiger partial charge on any atom is 0.343 e. The quantitative estimate of drug-likeness (QED) is 0.215. The minimum atomic E-state index is -0.480. The smallest absolute Gasteiger partial charge is 0.343 e. The largest absolute Gasteiger partial charge is 0.423 e. The number of nitrogens with zero attached hydrogens (tertiary/aromatic N) is 3. The zero-order chi connectivity index (χ0) is 22.8. The van der Waals surface area contributed by atoms with Gasteiger partial charge in [0.1, 0.15) is 5.75 Å². The number of carbonyl (C=O) groups excluding carboxylic acids is 1. The molecule has 0 radical (unpaired) electrons. The van der Waals surface area contributed by atoms with E-state index in [9.17, 15) is 10.1 Å². The normalized spacial score (nSPS) is 10.5. The molecule has 0 unspecified atom stereocenters.